The summed E-state index contributed by atoms with van der Waals surface area (Å²) in [6.45, 7) is 9.88. The van der Waals surface area contributed by atoms with Crippen LogP contribution in [-0.4, -0.2) is 37.1 Å². The van der Waals surface area contributed by atoms with Gasteiger partial charge in [0.25, 0.3) is 0 Å². The maximum atomic E-state index is 3.47. The van der Waals surface area contributed by atoms with E-state index in [1.54, 1.807) is 0 Å². The fraction of sp³-hybridized carbons (Fsp3) is 1.00. The predicted molar refractivity (Wildman–Crippen MR) is 65.1 cm³/mol. The molecule has 1 N–H and O–H groups in total. The molecule has 0 bridgehead atoms. The first-order valence-corrected chi connectivity index (χ1v) is 6.74. The summed E-state index contributed by atoms with van der Waals surface area (Å²) >= 11 is 0. The fourth-order valence-electron chi connectivity index (χ4n) is 3.53. The van der Waals surface area contributed by atoms with E-state index >= 15 is 0 Å². The van der Waals surface area contributed by atoms with Crippen LogP contribution in [0.15, 0.2) is 0 Å². The summed E-state index contributed by atoms with van der Waals surface area (Å²) in [7, 11) is 0. The summed E-state index contributed by atoms with van der Waals surface area (Å²) in [5, 5.41) is 3.47. The van der Waals surface area contributed by atoms with Crippen LogP contribution in [0.1, 0.15) is 46.0 Å². The van der Waals surface area contributed by atoms with Gasteiger partial charge in [-0.2, -0.15) is 0 Å². The molecule has 1 unspecified atom stereocenters. The molecular formula is C13H26N2. The Morgan fingerprint density at radius 1 is 1.20 bits per heavy atom. The van der Waals surface area contributed by atoms with E-state index in [1.807, 2.05) is 0 Å². The molecule has 2 rings (SSSR count). The van der Waals surface area contributed by atoms with Crippen molar-refractivity contribution in [1.82, 2.24) is 10.2 Å². The van der Waals surface area contributed by atoms with Crippen LogP contribution >= 0.6 is 0 Å². The molecule has 0 radical (unpaired) electrons. The number of nitrogens with one attached hydrogen (secondary N) is 1. The summed E-state index contributed by atoms with van der Waals surface area (Å²) in [4.78, 5) is 2.71. The third kappa shape index (κ3) is 2.36. The molecule has 0 saturated carbocycles. The van der Waals surface area contributed by atoms with Crippen molar-refractivity contribution in [2.75, 3.05) is 26.2 Å². The third-order valence-electron chi connectivity index (χ3n) is 4.19. The molecule has 0 aliphatic carbocycles. The molecule has 0 aromatic carbocycles. The highest BCUT2D eigenvalue weighted by Crippen LogP contribution is 2.41. The summed E-state index contributed by atoms with van der Waals surface area (Å²) < 4.78 is 0. The van der Waals surface area contributed by atoms with Crippen LogP contribution in [0.2, 0.25) is 0 Å². The van der Waals surface area contributed by atoms with Gasteiger partial charge in [-0.3, -0.25) is 4.90 Å². The van der Waals surface area contributed by atoms with E-state index in [0.717, 1.165) is 6.04 Å². The predicted octanol–water partition coefficient (Wildman–Crippen LogP) is 2.25. The average Bonchev–Trinajstić information content (AvgIpc) is 2.66. The number of rotatable bonds is 5. The largest absolute Gasteiger partial charge is 0.315 e. The molecule has 0 aromatic rings. The van der Waals surface area contributed by atoms with E-state index in [2.05, 4.69) is 24.1 Å². The summed E-state index contributed by atoms with van der Waals surface area (Å²) in [5.41, 5.74) is 0.700. The molecule has 88 valence electrons. The van der Waals surface area contributed by atoms with Gasteiger partial charge in [0.2, 0.25) is 0 Å². The van der Waals surface area contributed by atoms with Gasteiger partial charge in [0.15, 0.2) is 0 Å². The molecule has 0 spiro atoms. The number of hydrogen-bond donors (Lipinski definition) is 1. The van der Waals surface area contributed by atoms with E-state index in [9.17, 15) is 0 Å². The van der Waals surface area contributed by atoms with Crippen molar-refractivity contribution in [1.29, 1.82) is 0 Å². The standard InChI is InChI=1S/C13H26N2/c1-3-6-13(7-4-2)10-15(11-13)12-5-8-14-9-12/h12,14H,3-11H2,1-2H3. The van der Waals surface area contributed by atoms with Gasteiger partial charge in [0.1, 0.15) is 0 Å². The first-order valence-electron chi connectivity index (χ1n) is 6.74. The maximum absolute atomic E-state index is 3.47. The quantitative estimate of drug-likeness (QED) is 0.749. The highest BCUT2D eigenvalue weighted by atomic mass is 15.3. The SMILES string of the molecule is CCCC1(CCC)CN(C2CCNC2)C1. The Bertz CT molecular complexity index is 183. The molecular weight excluding hydrogens is 184 g/mol. The van der Waals surface area contributed by atoms with Crippen LogP contribution in [-0.2, 0) is 0 Å². The van der Waals surface area contributed by atoms with E-state index in [4.69, 9.17) is 0 Å². The Hall–Kier alpha value is -0.0800. The van der Waals surface area contributed by atoms with Crippen molar-refractivity contribution in [3.63, 3.8) is 0 Å². The highest BCUT2D eigenvalue weighted by Gasteiger charge is 2.44. The minimum absolute atomic E-state index is 0.700. The molecule has 2 fully saturated rings. The second-order valence-electron chi connectivity index (χ2n) is 5.55. The van der Waals surface area contributed by atoms with Gasteiger partial charge in [-0.1, -0.05) is 26.7 Å². The van der Waals surface area contributed by atoms with Crippen molar-refractivity contribution in [3.8, 4) is 0 Å². The first kappa shape index (κ1) is 11.4. The Morgan fingerprint density at radius 2 is 1.87 bits per heavy atom. The maximum Gasteiger partial charge on any atom is 0.0233 e. The van der Waals surface area contributed by atoms with Crippen molar-refractivity contribution >= 4 is 0 Å². The molecule has 0 amide bonds. The highest BCUT2D eigenvalue weighted by molar-refractivity contribution is 4.98. The van der Waals surface area contributed by atoms with Crippen molar-refractivity contribution in [2.24, 2.45) is 5.41 Å². The van der Waals surface area contributed by atoms with Gasteiger partial charge >= 0.3 is 0 Å². The smallest absolute Gasteiger partial charge is 0.0233 e. The van der Waals surface area contributed by atoms with E-state index in [-0.39, 0.29) is 0 Å². The zero-order chi connectivity index (χ0) is 10.7. The normalized spacial score (nSPS) is 30.4. The number of hydrogen-bond acceptors (Lipinski definition) is 2. The first-order chi connectivity index (χ1) is 7.29. The zero-order valence-corrected chi connectivity index (χ0v) is 10.4. The molecule has 1 atom stereocenters. The topological polar surface area (TPSA) is 15.3 Å². The lowest BCUT2D eigenvalue weighted by Crippen LogP contribution is -2.60. The van der Waals surface area contributed by atoms with Crippen LogP contribution in [0.3, 0.4) is 0 Å². The van der Waals surface area contributed by atoms with Gasteiger partial charge in [-0.25, -0.2) is 0 Å². The third-order valence-corrected chi connectivity index (χ3v) is 4.19. The van der Waals surface area contributed by atoms with E-state index in [1.165, 1.54) is 58.3 Å². The van der Waals surface area contributed by atoms with Crippen LogP contribution < -0.4 is 5.32 Å². The van der Waals surface area contributed by atoms with E-state index < -0.39 is 0 Å². The van der Waals surface area contributed by atoms with Crippen LogP contribution in [0.5, 0.6) is 0 Å². The summed E-state index contributed by atoms with van der Waals surface area (Å²) in [5.74, 6) is 0. The molecule has 2 nitrogen and oxygen atoms in total. The molecule has 0 aromatic heterocycles. The minimum atomic E-state index is 0.700. The lowest BCUT2D eigenvalue weighted by atomic mass is 9.72. The summed E-state index contributed by atoms with van der Waals surface area (Å²) in [6.07, 6.45) is 6.97. The second-order valence-corrected chi connectivity index (χ2v) is 5.55. The monoisotopic (exact) mass is 210 g/mol. The zero-order valence-electron chi connectivity index (χ0n) is 10.4. The van der Waals surface area contributed by atoms with Gasteiger partial charge in [-0.15, -0.1) is 0 Å². The van der Waals surface area contributed by atoms with Crippen LogP contribution in [0.4, 0.5) is 0 Å². The molecule has 2 saturated heterocycles. The minimum Gasteiger partial charge on any atom is -0.315 e. The van der Waals surface area contributed by atoms with Gasteiger partial charge in [0, 0.05) is 25.7 Å². The number of likely N-dealkylation sites (tertiary alicyclic amines) is 1. The van der Waals surface area contributed by atoms with Crippen molar-refractivity contribution in [2.45, 2.75) is 52.0 Å². The number of nitrogens with zero attached hydrogens (tertiary/aromatic N) is 1. The lowest BCUT2D eigenvalue weighted by Gasteiger charge is -2.53. The van der Waals surface area contributed by atoms with Crippen LogP contribution in [0.25, 0.3) is 0 Å². The molecule has 2 heterocycles. The Labute approximate surface area is 94.4 Å². The Morgan fingerprint density at radius 3 is 2.33 bits per heavy atom. The van der Waals surface area contributed by atoms with Gasteiger partial charge in [0.05, 0.1) is 0 Å². The average molecular weight is 210 g/mol. The molecule has 2 heteroatoms. The lowest BCUT2D eigenvalue weighted by molar-refractivity contribution is -0.0388. The Balaban J connectivity index is 1.81. The van der Waals surface area contributed by atoms with Crippen molar-refractivity contribution in [3.05, 3.63) is 0 Å². The second kappa shape index (κ2) is 4.84. The van der Waals surface area contributed by atoms with Crippen molar-refractivity contribution < 1.29 is 0 Å². The summed E-state index contributed by atoms with van der Waals surface area (Å²) in [6, 6.07) is 0.854. The molecule has 15 heavy (non-hydrogen) atoms. The van der Waals surface area contributed by atoms with Gasteiger partial charge in [-0.05, 0) is 31.2 Å². The fourth-order valence-corrected chi connectivity index (χ4v) is 3.53. The Kier molecular flexibility index (Phi) is 3.68. The molecule has 2 aliphatic rings. The van der Waals surface area contributed by atoms with E-state index in [0.29, 0.717) is 5.41 Å². The van der Waals surface area contributed by atoms with Crippen LogP contribution in [0, 0.1) is 5.41 Å². The van der Waals surface area contributed by atoms with Gasteiger partial charge < -0.3 is 5.32 Å². The molecule has 2 aliphatic heterocycles.